The number of hydrogen-bond donors (Lipinski definition) is 0. The van der Waals surface area contributed by atoms with Crippen LogP contribution in [0.25, 0.3) is 0 Å². The second-order valence-electron chi connectivity index (χ2n) is 4.58. The predicted octanol–water partition coefficient (Wildman–Crippen LogP) is 2.29. The monoisotopic (exact) mass is 146 g/mol. The molecule has 58 valence electrons. The molecule has 1 fully saturated rings. The zero-order valence-electron chi connectivity index (χ0n) is 7.64. The second-order valence-corrected chi connectivity index (χ2v) is 4.58. The van der Waals surface area contributed by atoms with Gasteiger partial charge in [0.25, 0.3) is 0 Å². The van der Waals surface area contributed by atoms with Crippen molar-refractivity contribution in [1.29, 1.82) is 0 Å². The molecule has 0 aromatic carbocycles. The molecule has 4 radical (unpaired) electrons. The lowest BCUT2D eigenvalue weighted by atomic mass is 9.57. The largest absolute Gasteiger partial charge is 0.107 e. The molecule has 1 aliphatic rings. The topological polar surface area (TPSA) is 0 Å². The summed E-state index contributed by atoms with van der Waals surface area (Å²) < 4.78 is 0. The molecular formula is C9H16B2. The van der Waals surface area contributed by atoms with Crippen molar-refractivity contribution in [3.8, 4) is 0 Å². The van der Waals surface area contributed by atoms with Gasteiger partial charge in [-0.25, -0.2) is 0 Å². The third kappa shape index (κ3) is 2.57. The number of hydrogen-bond acceptors (Lipinski definition) is 0. The van der Waals surface area contributed by atoms with Gasteiger partial charge in [0.05, 0.1) is 15.7 Å². The smallest absolute Gasteiger partial charge is 0.0579 e. The van der Waals surface area contributed by atoms with Crippen LogP contribution in [0.3, 0.4) is 0 Å². The number of rotatable bonds is 1. The van der Waals surface area contributed by atoms with Crippen LogP contribution in [0.2, 0.25) is 5.72 Å². The highest BCUT2D eigenvalue weighted by Gasteiger charge is 2.27. The van der Waals surface area contributed by atoms with Crippen LogP contribution in [0.1, 0.15) is 39.5 Å². The quantitative estimate of drug-likeness (QED) is 0.497. The van der Waals surface area contributed by atoms with Crippen LogP contribution in [0.5, 0.6) is 0 Å². The molecule has 0 unspecified atom stereocenters. The van der Waals surface area contributed by atoms with Crippen LogP contribution in [-0.2, 0) is 0 Å². The van der Waals surface area contributed by atoms with Gasteiger partial charge in [0.1, 0.15) is 0 Å². The Hall–Kier alpha value is 0.130. The van der Waals surface area contributed by atoms with Crippen LogP contribution in [0.15, 0.2) is 0 Å². The van der Waals surface area contributed by atoms with Gasteiger partial charge in [-0.2, -0.15) is 0 Å². The van der Waals surface area contributed by atoms with Gasteiger partial charge >= 0.3 is 0 Å². The van der Waals surface area contributed by atoms with Gasteiger partial charge in [0.15, 0.2) is 0 Å². The van der Waals surface area contributed by atoms with Crippen molar-refractivity contribution >= 4 is 15.7 Å². The molecule has 0 saturated heterocycles. The van der Waals surface area contributed by atoms with Crippen molar-refractivity contribution in [1.82, 2.24) is 0 Å². The van der Waals surface area contributed by atoms with Crippen LogP contribution >= 0.6 is 0 Å². The molecule has 1 aliphatic carbocycles. The minimum Gasteiger partial charge on any atom is -0.107 e. The van der Waals surface area contributed by atoms with E-state index in [0.29, 0.717) is 11.3 Å². The van der Waals surface area contributed by atoms with Crippen molar-refractivity contribution in [2.75, 3.05) is 0 Å². The molecule has 0 atom stereocenters. The molecule has 0 amide bonds. The molecule has 0 nitrogen and oxygen atoms in total. The fourth-order valence-electron chi connectivity index (χ4n) is 1.81. The Bertz CT molecular complexity index is 120. The third-order valence-electron chi connectivity index (χ3n) is 2.93. The van der Waals surface area contributed by atoms with Gasteiger partial charge in [-0.3, -0.25) is 0 Å². The highest BCUT2D eigenvalue weighted by Crippen LogP contribution is 2.40. The summed E-state index contributed by atoms with van der Waals surface area (Å²) in [5.74, 6) is 0.572. The lowest BCUT2D eigenvalue weighted by molar-refractivity contribution is 0.197. The fourth-order valence-corrected chi connectivity index (χ4v) is 1.81. The molecule has 0 aliphatic heterocycles. The summed E-state index contributed by atoms with van der Waals surface area (Å²) in [6.07, 6.45) is 4.99. The molecule has 0 aromatic rings. The molecule has 1 saturated carbocycles. The lowest BCUT2D eigenvalue weighted by Crippen LogP contribution is -2.23. The van der Waals surface area contributed by atoms with Crippen molar-refractivity contribution in [3.63, 3.8) is 0 Å². The Kier molecular flexibility index (Phi) is 2.72. The molecule has 0 heterocycles. The first-order valence-electron chi connectivity index (χ1n) is 4.52. The van der Waals surface area contributed by atoms with E-state index in [0.717, 1.165) is 0 Å². The minimum absolute atomic E-state index is 0.0916. The van der Waals surface area contributed by atoms with E-state index >= 15 is 0 Å². The van der Waals surface area contributed by atoms with Crippen molar-refractivity contribution in [2.24, 2.45) is 11.3 Å². The van der Waals surface area contributed by atoms with E-state index in [1.807, 2.05) is 0 Å². The van der Waals surface area contributed by atoms with Crippen molar-refractivity contribution < 1.29 is 0 Å². The molecular weight excluding hydrogens is 130 g/mol. The van der Waals surface area contributed by atoms with E-state index in [1.165, 1.54) is 25.7 Å². The van der Waals surface area contributed by atoms with Gasteiger partial charge in [0, 0.05) is 0 Å². The highest BCUT2D eigenvalue weighted by molar-refractivity contribution is 6.35. The predicted molar refractivity (Wildman–Crippen MR) is 51.0 cm³/mol. The molecule has 0 aromatic heterocycles. The average molecular weight is 146 g/mol. The molecule has 2 heteroatoms. The Morgan fingerprint density at radius 2 is 1.64 bits per heavy atom. The minimum atomic E-state index is -0.0916. The maximum absolute atomic E-state index is 5.63. The zero-order chi connectivity index (χ0) is 8.48. The summed E-state index contributed by atoms with van der Waals surface area (Å²) in [5, 5.41) is 0. The summed E-state index contributed by atoms with van der Waals surface area (Å²) in [4.78, 5) is 0. The first-order valence-corrected chi connectivity index (χ1v) is 4.52. The van der Waals surface area contributed by atoms with E-state index in [-0.39, 0.29) is 5.72 Å². The van der Waals surface area contributed by atoms with Crippen LogP contribution in [0, 0.1) is 11.3 Å². The molecule has 0 N–H and O–H groups in total. The van der Waals surface area contributed by atoms with Gasteiger partial charge in [0.2, 0.25) is 0 Å². The first-order chi connectivity index (χ1) is 5.01. The van der Waals surface area contributed by atoms with Gasteiger partial charge in [-0.1, -0.05) is 32.6 Å². The zero-order valence-corrected chi connectivity index (χ0v) is 7.64. The van der Waals surface area contributed by atoms with E-state index in [4.69, 9.17) is 15.7 Å². The summed E-state index contributed by atoms with van der Waals surface area (Å²) in [6.45, 7) is 4.65. The second kappa shape index (κ2) is 3.25. The normalized spacial score (nSPS) is 25.7. The fraction of sp³-hybridized carbons (Fsp3) is 1.00. The third-order valence-corrected chi connectivity index (χ3v) is 2.93. The van der Waals surface area contributed by atoms with E-state index in [2.05, 4.69) is 13.8 Å². The Morgan fingerprint density at radius 3 is 2.00 bits per heavy atom. The SMILES string of the molecule is [B]C([B])C1CCC(C)(C)CC1. The van der Waals surface area contributed by atoms with Gasteiger partial charge in [-0.05, 0) is 18.3 Å². The van der Waals surface area contributed by atoms with Crippen LogP contribution < -0.4 is 0 Å². The Labute approximate surface area is 73.0 Å². The Balaban J connectivity index is 2.36. The molecule has 1 rings (SSSR count). The lowest BCUT2D eigenvalue weighted by Gasteiger charge is -2.36. The van der Waals surface area contributed by atoms with E-state index < -0.39 is 0 Å². The summed E-state index contributed by atoms with van der Waals surface area (Å²) in [5.41, 5.74) is 0.442. The summed E-state index contributed by atoms with van der Waals surface area (Å²) in [7, 11) is 11.3. The molecule has 0 spiro atoms. The van der Waals surface area contributed by atoms with Gasteiger partial charge in [-0.15, -0.1) is 5.72 Å². The van der Waals surface area contributed by atoms with Crippen molar-refractivity contribution in [2.45, 2.75) is 45.2 Å². The van der Waals surface area contributed by atoms with Crippen LogP contribution in [0.4, 0.5) is 0 Å². The first kappa shape index (κ1) is 9.22. The van der Waals surface area contributed by atoms with Crippen LogP contribution in [-0.4, -0.2) is 15.7 Å². The van der Waals surface area contributed by atoms with Crippen molar-refractivity contribution in [3.05, 3.63) is 0 Å². The van der Waals surface area contributed by atoms with E-state index in [9.17, 15) is 0 Å². The molecule has 11 heavy (non-hydrogen) atoms. The Morgan fingerprint density at radius 1 is 1.18 bits per heavy atom. The summed E-state index contributed by atoms with van der Waals surface area (Å²) >= 11 is 0. The maximum Gasteiger partial charge on any atom is 0.0579 e. The maximum atomic E-state index is 5.63. The standard InChI is InChI=1S/C9H16B2/c1-9(2)5-3-7(4-6-9)8(10)11/h7-8H,3-6H2,1-2H3. The van der Waals surface area contributed by atoms with E-state index in [1.54, 1.807) is 0 Å². The average Bonchev–Trinajstić information content (AvgIpc) is 1.86. The van der Waals surface area contributed by atoms with Gasteiger partial charge < -0.3 is 0 Å². The molecule has 0 bridgehead atoms. The highest BCUT2D eigenvalue weighted by atomic mass is 14.3. The summed E-state index contributed by atoms with van der Waals surface area (Å²) in [6, 6.07) is 0.